The average Bonchev–Trinajstić information content (AvgIpc) is 2.95. The van der Waals surface area contributed by atoms with E-state index in [9.17, 15) is 0 Å². The smallest absolute Gasteiger partial charge is 0.115 e. The van der Waals surface area contributed by atoms with Crippen LogP contribution in [0, 0.1) is 0 Å². The first-order valence-corrected chi connectivity index (χ1v) is 17.6. The van der Waals surface area contributed by atoms with Gasteiger partial charge in [-0.15, -0.1) is 0 Å². The highest BCUT2D eigenvalue weighted by Gasteiger charge is 1.96. The fourth-order valence-corrected chi connectivity index (χ4v) is 5.20. The van der Waals surface area contributed by atoms with Gasteiger partial charge in [-0.3, -0.25) is 0 Å². The Morgan fingerprint density at radius 2 is 0.769 bits per heavy atom. The summed E-state index contributed by atoms with van der Waals surface area (Å²) in [6.07, 6.45) is 36.6. The molecular weight excluding hydrogens is 476 g/mol. The predicted molar refractivity (Wildman–Crippen MR) is 175 cm³/mol. The number of hydrogen-bond donors (Lipinski definition) is 1. The molecule has 0 amide bonds. The van der Waals surface area contributed by atoms with Crippen LogP contribution in [0.2, 0.25) is 0 Å². The van der Waals surface area contributed by atoms with Crippen LogP contribution in [0.4, 0.5) is 0 Å². The van der Waals surface area contributed by atoms with E-state index in [-0.39, 0.29) is 0 Å². The van der Waals surface area contributed by atoms with E-state index in [1.165, 1.54) is 166 Å². The summed E-state index contributed by atoms with van der Waals surface area (Å²) in [5.74, 6) is 0.364. The Morgan fingerprint density at radius 3 is 1.13 bits per heavy atom. The molecule has 1 aromatic carbocycles. The Balaban J connectivity index is 0.000000787. The SMILES string of the molecule is CCCCCCCCCCCCCCCCCCCCOCC.CCCCCCCCCc1ccc(O)cc1. The van der Waals surface area contributed by atoms with Crippen molar-refractivity contribution in [2.24, 2.45) is 0 Å². The minimum absolute atomic E-state index is 0.364. The maximum atomic E-state index is 9.15. The molecule has 0 saturated carbocycles. The first-order valence-electron chi connectivity index (χ1n) is 17.6. The van der Waals surface area contributed by atoms with Gasteiger partial charge in [-0.25, -0.2) is 0 Å². The standard InChI is InChI=1S/C22H46O.C15H24O/c1-3-5-6-7-8-9-10-11-12-13-14-15-16-17-18-19-20-21-22-23-4-2;1-2-3-4-5-6-7-8-9-14-10-12-15(16)13-11-14/h3-22H2,1-2H3;10-13,16H,2-9H2,1H3. The van der Waals surface area contributed by atoms with Crippen molar-refractivity contribution < 1.29 is 9.84 Å². The highest BCUT2D eigenvalue weighted by atomic mass is 16.5. The lowest BCUT2D eigenvalue weighted by Crippen LogP contribution is -1.92. The average molecular weight is 547 g/mol. The summed E-state index contributed by atoms with van der Waals surface area (Å²) >= 11 is 0. The van der Waals surface area contributed by atoms with E-state index in [1.54, 1.807) is 12.1 Å². The fourth-order valence-electron chi connectivity index (χ4n) is 5.20. The van der Waals surface area contributed by atoms with Gasteiger partial charge in [0.15, 0.2) is 0 Å². The van der Waals surface area contributed by atoms with E-state index in [1.807, 2.05) is 12.1 Å². The van der Waals surface area contributed by atoms with Crippen LogP contribution in [0.15, 0.2) is 24.3 Å². The second-order valence-electron chi connectivity index (χ2n) is 11.7. The molecule has 39 heavy (non-hydrogen) atoms. The molecule has 0 bridgehead atoms. The lowest BCUT2D eigenvalue weighted by Gasteiger charge is -2.04. The van der Waals surface area contributed by atoms with Crippen molar-refractivity contribution in [2.45, 2.75) is 188 Å². The molecule has 0 aliphatic heterocycles. The molecule has 1 aromatic rings. The Kier molecular flexibility index (Phi) is 32.3. The number of hydrogen-bond acceptors (Lipinski definition) is 2. The van der Waals surface area contributed by atoms with Crippen LogP contribution in [0.5, 0.6) is 5.75 Å². The van der Waals surface area contributed by atoms with E-state index >= 15 is 0 Å². The molecular formula is C37H70O2. The van der Waals surface area contributed by atoms with Gasteiger partial charge in [0.25, 0.3) is 0 Å². The van der Waals surface area contributed by atoms with E-state index < -0.39 is 0 Å². The minimum atomic E-state index is 0.364. The number of unbranched alkanes of at least 4 members (excludes halogenated alkanes) is 23. The number of phenols is 1. The maximum Gasteiger partial charge on any atom is 0.115 e. The third kappa shape index (κ3) is 31.4. The summed E-state index contributed by atoms with van der Waals surface area (Å²) < 4.78 is 5.36. The van der Waals surface area contributed by atoms with Gasteiger partial charge in [-0.1, -0.05) is 174 Å². The Morgan fingerprint density at radius 1 is 0.436 bits per heavy atom. The van der Waals surface area contributed by atoms with Gasteiger partial charge in [0, 0.05) is 13.2 Å². The lowest BCUT2D eigenvalue weighted by atomic mass is 10.0. The third-order valence-electron chi connectivity index (χ3n) is 7.85. The molecule has 0 unspecified atom stereocenters. The summed E-state index contributed by atoms with van der Waals surface area (Å²) in [7, 11) is 0. The molecule has 1 N–H and O–H groups in total. The van der Waals surface area contributed by atoms with E-state index in [4.69, 9.17) is 9.84 Å². The van der Waals surface area contributed by atoms with Gasteiger partial charge in [0.1, 0.15) is 5.75 Å². The van der Waals surface area contributed by atoms with Crippen LogP contribution in [0.25, 0.3) is 0 Å². The zero-order valence-corrected chi connectivity index (χ0v) is 27.0. The van der Waals surface area contributed by atoms with Crippen molar-refractivity contribution in [1.82, 2.24) is 0 Å². The van der Waals surface area contributed by atoms with Crippen LogP contribution in [0.3, 0.4) is 0 Å². The quantitative estimate of drug-likeness (QED) is 0.106. The second-order valence-corrected chi connectivity index (χ2v) is 11.7. The third-order valence-corrected chi connectivity index (χ3v) is 7.85. The molecule has 0 heterocycles. The van der Waals surface area contributed by atoms with Crippen molar-refractivity contribution >= 4 is 0 Å². The molecule has 0 fully saturated rings. The summed E-state index contributed by atoms with van der Waals surface area (Å²) in [6.45, 7) is 8.47. The largest absolute Gasteiger partial charge is 0.508 e. The van der Waals surface area contributed by atoms with Crippen LogP contribution in [-0.2, 0) is 11.2 Å². The van der Waals surface area contributed by atoms with Gasteiger partial charge in [-0.05, 0) is 43.9 Å². The van der Waals surface area contributed by atoms with Gasteiger partial charge in [0.05, 0.1) is 0 Å². The van der Waals surface area contributed by atoms with Gasteiger partial charge in [0.2, 0.25) is 0 Å². The minimum Gasteiger partial charge on any atom is -0.508 e. The van der Waals surface area contributed by atoms with E-state index in [0.717, 1.165) is 19.6 Å². The first-order chi connectivity index (χ1) is 19.2. The second kappa shape index (κ2) is 33.2. The van der Waals surface area contributed by atoms with Crippen molar-refractivity contribution in [2.75, 3.05) is 13.2 Å². The zero-order valence-electron chi connectivity index (χ0n) is 27.0. The Labute approximate surface area is 246 Å². The number of phenolic OH excluding ortho intramolecular Hbond substituents is 1. The Bertz CT molecular complexity index is 533. The van der Waals surface area contributed by atoms with Crippen LogP contribution < -0.4 is 0 Å². The van der Waals surface area contributed by atoms with Crippen molar-refractivity contribution in [3.05, 3.63) is 29.8 Å². The number of aryl methyl sites for hydroxylation is 1. The lowest BCUT2D eigenvalue weighted by molar-refractivity contribution is 0.143. The van der Waals surface area contributed by atoms with Gasteiger partial charge >= 0.3 is 0 Å². The van der Waals surface area contributed by atoms with E-state index in [2.05, 4.69) is 20.8 Å². The topological polar surface area (TPSA) is 29.5 Å². The molecule has 0 aromatic heterocycles. The molecule has 2 nitrogen and oxygen atoms in total. The summed E-state index contributed by atoms with van der Waals surface area (Å²) in [4.78, 5) is 0. The van der Waals surface area contributed by atoms with Crippen molar-refractivity contribution in [3.63, 3.8) is 0 Å². The monoisotopic (exact) mass is 547 g/mol. The molecule has 0 aliphatic rings. The van der Waals surface area contributed by atoms with Crippen LogP contribution in [-0.4, -0.2) is 18.3 Å². The number of aromatic hydroxyl groups is 1. The number of benzene rings is 1. The molecule has 0 spiro atoms. The van der Waals surface area contributed by atoms with Crippen molar-refractivity contribution in [3.8, 4) is 5.75 Å². The van der Waals surface area contributed by atoms with E-state index in [0.29, 0.717) is 5.75 Å². The van der Waals surface area contributed by atoms with Crippen molar-refractivity contribution in [1.29, 1.82) is 0 Å². The Hall–Kier alpha value is -1.02. The molecule has 0 aliphatic carbocycles. The van der Waals surface area contributed by atoms with Gasteiger partial charge in [-0.2, -0.15) is 0 Å². The van der Waals surface area contributed by atoms with Crippen LogP contribution >= 0.6 is 0 Å². The number of ether oxygens (including phenoxy) is 1. The first kappa shape index (κ1) is 38.0. The predicted octanol–water partition coefficient (Wildman–Crippen LogP) is 12.7. The molecule has 2 heteroatoms. The maximum absolute atomic E-state index is 9.15. The summed E-state index contributed by atoms with van der Waals surface area (Å²) in [5.41, 5.74) is 1.34. The number of rotatable bonds is 28. The van der Waals surface area contributed by atoms with Gasteiger partial charge < -0.3 is 9.84 Å². The van der Waals surface area contributed by atoms with Crippen LogP contribution in [0.1, 0.15) is 187 Å². The zero-order chi connectivity index (χ0) is 28.5. The molecule has 1 rings (SSSR count). The summed E-state index contributed by atoms with van der Waals surface area (Å²) in [5, 5.41) is 9.15. The molecule has 0 saturated heterocycles. The molecule has 0 atom stereocenters. The highest BCUT2D eigenvalue weighted by Crippen LogP contribution is 2.15. The highest BCUT2D eigenvalue weighted by molar-refractivity contribution is 5.25. The fraction of sp³-hybridized carbons (Fsp3) is 0.838. The molecule has 230 valence electrons. The molecule has 0 radical (unpaired) electrons. The summed E-state index contributed by atoms with van der Waals surface area (Å²) in [6, 6.07) is 7.59. The normalized spacial score (nSPS) is 10.9.